The lowest BCUT2D eigenvalue weighted by atomic mass is 9.50. The van der Waals surface area contributed by atoms with Crippen LogP contribution in [-0.4, -0.2) is 0 Å². The van der Waals surface area contributed by atoms with Gasteiger partial charge in [0.2, 0.25) is 0 Å². The van der Waals surface area contributed by atoms with Crippen molar-refractivity contribution in [1.29, 1.82) is 0 Å². The first kappa shape index (κ1) is 14.3. The quantitative estimate of drug-likeness (QED) is 0.464. The second-order valence-corrected chi connectivity index (χ2v) is 9.16. The second kappa shape index (κ2) is 5.14. The Morgan fingerprint density at radius 1 is 0.952 bits per heavy atom. The van der Waals surface area contributed by atoms with Crippen LogP contribution in [0.1, 0.15) is 78.6 Å². The zero-order valence-electron chi connectivity index (χ0n) is 14.4. The van der Waals surface area contributed by atoms with E-state index in [2.05, 4.69) is 26.8 Å². The minimum absolute atomic E-state index is 0.588. The Bertz CT molecular complexity index is 433. The normalized spacial score (nSPS) is 54.9. The highest BCUT2D eigenvalue weighted by molar-refractivity contribution is 5.23. The predicted molar refractivity (Wildman–Crippen MR) is 90.0 cm³/mol. The lowest BCUT2D eigenvalue weighted by Crippen LogP contribution is -2.47. The molecule has 0 aliphatic heterocycles. The minimum atomic E-state index is 0.588. The van der Waals surface area contributed by atoms with Gasteiger partial charge in [-0.3, -0.25) is 0 Å². The third-order valence-corrected chi connectivity index (χ3v) is 8.41. The Hall–Kier alpha value is -0.260. The van der Waals surface area contributed by atoms with E-state index in [0.717, 1.165) is 35.5 Å². The molecule has 0 spiro atoms. The first-order valence-corrected chi connectivity index (χ1v) is 9.79. The van der Waals surface area contributed by atoms with Crippen molar-refractivity contribution in [1.82, 2.24) is 0 Å². The van der Waals surface area contributed by atoms with Gasteiger partial charge in [0, 0.05) is 0 Å². The van der Waals surface area contributed by atoms with Gasteiger partial charge in [0.25, 0.3) is 0 Å². The molecule has 4 rings (SSSR count). The van der Waals surface area contributed by atoms with Gasteiger partial charge in [-0.05, 0) is 99.2 Å². The highest BCUT2D eigenvalue weighted by Gasteiger charge is 2.54. The Morgan fingerprint density at radius 2 is 1.76 bits per heavy atom. The largest absolute Gasteiger partial charge is 0.0879 e. The summed E-state index contributed by atoms with van der Waals surface area (Å²) in [6, 6.07) is 0. The lowest BCUT2D eigenvalue weighted by Gasteiger charge is -2.55. The van der Waals surface area contributed by atoms with Crippen molar-refractivity contribution < 1.29 is 0 Å². The summed E-state index contributed by atoms with van der Waals surface area (Å²) in [6.45, 7) is 7.40. The Balaban J connectivity index is 1.58. The molecule has 118 valence electrons. The van der Waals surface area contributed by atoms with Crippen molar-refractivity contribution in [2.75, 3.05) is 0 Å². The van der Waals surface area contributed by atoms with Gasteiger partial charge in [0.1, 0.15) is 0 Å². The summed E-state index contributed by atoms with van der Waals surface area (Å²) in [5, 5.41) is 0. The number of hydrogen-bond acceptors (Lipinski definition) is 0. The van der Waals surface area contributed by atoms with E-state index in [1.165, 1.54) is 25.7 Å². The number of allylic oxidation sites excluding steroid dienone is 2. The molecule has 0 nitrogen and oxygen atoms in total. The van der Waals surface area contributed by atoms with Crippen molar-refractivity contribution in [3.8, 4) is 0 Å². The third-order valence-electron chi connectivity index (χ3n) is 8.41. The maximum atomic E-state index is 2.62. The van der Waals surface area contributed by atoms with Crippen molar-refractivity contribution in [2.45, 2.75) is 78.6 Å². The topological polar surface area (TPSA) is 0 Å². The average molecular weight is 287 g/mol. The second-order valence-electron chi connectivity index (χ2n) is 9.16. The number of rotatable bonds is 0. The number of fused-ring (bicyclic) bond motifs is 5. The summed E-state index contributed by atoms with van der Waals surface area (Å²) >= 11 is 0. The SMILES string of the molecule is C/C=C1\CCC2C3CCC4CC(C)CCC4C3CCC12C. The van der Waals surface area contributed by atoms with Crippen molar-refractivity contribution >= 4 is 0 Å². The van der Waals surface area contributed by atoms with Crippen LogP contribution < -0.4 is 0 Å². The summed E-state index contributed by atoms with van der Waals surface area (Å²) in [7, 11) is 0. The Kier molecular flexibility index (Phi) is 3.51. The summed E-state index contributed by atoms with van der Waals surface area (Å²) in [6.07, 6.45) is 16.2. The molecule has 4 fully saturated rings. The molecule has 0 aromatic carbocycles. The standard InChI is InChI=1S/C21H34/c1-4-16-7-10-20-19-9-6-15-13-14(2)5-8-17(15)18(19)11-12-21(16,20)3/h4,14-15,17-20H,5-13H2,1-3H3/b16-4+. The molecule has 0 heterocycles. The summed E-state index contributed by atoms with van der Waals surface area (Å²) in [5.74, 6) is 6.43. The molecule has 7 atom stereocenters. The van der Waals surface area contributed by atoms with E-state index in [4.69, 9.17) is 0 Å². The lowest BCUT2D eigenvalue weighted by molar-refractivity contribution is -0.0470. The van der Waals surface area contributed by atoms with Gasteiger partial charge in [0.15, 0.2) is 0 Å². The fourth-order valence-electron chi connectivity index (χ4n) is 7.41. The molecule has 0 aromatic rings. The van der Waals surface area contributed by atoms with Crippen molar-refractivity contribution in [2.24, 2.45) is 40.9 Å². The average Bonchev–Trinajstić information content (AvgIpc) is 2.83. The molecule has 4 aliphatic rings. The van der Waals surface area contributed by atoms with Crippen molar-refractivity contribution in [3.63, 3.8) is 0 Å². The Morgan fingerprint density at radius 3 is 2.57 bits per heavy atom. The van der Waals surface area contributed by atoms with Crippen LogP contribution in [0.25, 0.3) is 0 Å². The molecule has 0 aromatic heterocycles. The minimum Gasteiger partial charge on any atom is -0.0879 e. The van der Waals surface area contributed by atoms with Gasteiger partial charge < -0.3 is 0 Å². The first-order chi connectivity index (χ1) is 10.1. The molecule has 0 radical (unpaired) electrons. The first-order valence-electron chi connectivity index (χ1n) is 9.79. The zero-order chi connectivity index (χ0) is 14.6. The summed E-state index contributed by atoms with van der Waals surface area (Å²) in [5.41, 5.74) is 2.40. The van der Waals surface area contributed by atoms with E-state index in [0.29, 0.717) is 5.41 Å². The fourth-order valence-corrected chi connectivity index (χ4v) is 7.41. The van der Waals surface area contributed by atoms with E-state index in [9.17, 15) is 0 Å². The van der Waals surface area contributed by atoms with Gasteiger partial charge in [-0.15, -0.1) is 0 Å². The highest BCUT2D eigenvalue weighted by atomic mass is 14.6. The van der Waals surface area contributed by atoms with Crippen LogP contribution in [0.5, 0.6) is 0 Å². The molecule has 0 N–H and O–H groups in total. The van der Waals surface area contributed by atoms with Gasteiger partial charge in [-0.1, -0.05) is 31.9 Å². The maximum absolute atomic E-state index is 2.62. The monoisotopic (exact) mass is 286 g/mol. The van der Waals surface area contributed by atoms with Crippen LogP contribution in [0.15, 0.2) is 11.6 Å². The molecule has 0 amide bonds. The molecule has 0 heteroatoms. The van der Waals surface area contributed by atoms with Crippen LogP contribution in [0.4, 0.5) is 0 Å². The van der Waals surface area contributed by atoms with Gasteiger partial charge >= 0.3 is 0 Å². The molecule has 21 heavy (non-hydrogen) atoms. The van der Waals surface area contributed by atoms with Gasteiger partial charge in [-0.2, -0.15) is 0 Å². The van der Waals surface area contributed by atoms with Crippen LogP contribution >= 0.6 is 0 Å². The van der Waals surface area contributed by atoms with Gasteiger partial charge in [0.05, 0.1) is 0 Å². The predicted octanol–water partition coefficient (Wildman–Crippen LogP) is 6.22. The zero-order valence-corrected chi connectivity index (χ0v) is 14.4. The van der Waals surface area contributed by atoms with E-state index >= 15 is 0 Å². The molecule has 7 unspecified atom stereocenters. The molecular weight excluding hydrogens is 252 g/mol. The third kappa shape index (κ3) is 2.07. The molecule has 0 saturated heterocycles. The molecular formula is C21H34. The van der Waals surface area contributed by atoms with Crippen molar-refractivity contribution in [3.05, 3.63) is 11.6 Å². The summed E-state index contributed by atoms with van der Waals surface area (Å²) in [4.78, 5) is 0. The molecule has 0 bridgehead atoms. The van der Waals surface area contributed by atoms with Crippen LogP contribution in [0.3, 0.4) is 0 Å². The molecule has 4 saturated carbocycles. The molecule has 4 aliphatic carbocycles. The van der Waals surface area contributed by atoms with Gasteiger partial charge in [-0.25, -0.2) is 0 Å². The van der Waals surface area contributed by atoms with E-state index in [1.807, 2.05) is 5.57 Å². The fraction of sp³-hybridized carbons (Fsp3) is 0.905. The highest BCUT2D eigenvalue weighted by Crippen LogP contribution is 2.64. The van der Waals surface area contributed by atoms with E-state index < -0.39 is 0 Å². The van der Waals surface area contributed by atoms with Crippen LogP contribution in [0.2, 0.25) is 0 Å². The smallest absolute Gasteiger partial charge is 0.00853 e. The number of hydrogen-bond donors (Lipinski definition) is 0. The maximum Gasteiger partial charge on any atom is -0.00853 e. The van der Waals surface area contributed by atoms with Crippen LogP contribution in [0, 0.1) is 40.9 Å². The van der Waals surface area contributed by atoms with E-state index in [1.54, 1.807) is 32.1 Å². The van der Waals surface area contributed by atoms with Crippen LogP contribution in [-0.2, 0) is 0 Å². The van der Waals surface area contributed by atoms with E-state index in [-0.39, 0.29) is 0 Å². The summed E-state index contributed by atoms with van der Waals surface area (Å²) < 4.78 is 0. The Labute approximate surface area is 131 Å².